The lowest BCUT2D eigenvalue weighted by molar-refractivity contribution is 0.0948. The van der Waals surface area contributed by atoms with Crippen molar-refractivity contribution in [3.8, 4) is 5.69 Å². The van der Waals surface area contributed by atoms with Gasteiger partial charge in [0, 0.05) is 6.20 Å². The third kappa shape index (κ3) is 3.64. The molecule has 0 saturated heterocycles. The van der Waals surface area contributed by atoms with E-state index in [-0.39, 0.29) is 11.7 Å². The summed E-state index contributed by atoms with van der Waals surface area (Å²) in [6.07, 6.45) is 2.97. The molecule has 0 aliphatic carbocycles. The molecule has 26 heavy (non-hydrogen) atoms. The molecule has 2 heterocycles. The van der Waals surface area contributed by atoms with Gasteiger partial charge in [-0.1, -0.05) is 19.9 Å². The van der Waals surface area contributed by atoms with E-state index in [1.54, 1.807) is 23.0 Å². The van der Waals surface area contributed by atoms with Crippen LogP contribution in [0.3, 0.4) is 0 Å². The van der Waals surface area contributed by atoms with Gasteiger partial charge >= 0.3 is 0 Å². The lowest BCUT2D eigenvalue weighted by Crippen LogP contribution is -2.25. The van der Waals surface area contributed by atoms with E-state index in [2.05, 4.69) is 15.4 Å². The van der Waals surface area contributed by atoms with E-state index in [9.17, 15) is 9.18 Å². The second kappa shape index (κ2) is 7.91. The van der Waals surface area contributed by atoms with Gasteiger partial charge < -0.3 is 5.32 Å². The Morgan fingerprint density at radius 3 is 2.50 bits per heavy atom. The summed E-state index contributed by atoms with van der Waals surface area (Å²) < 4.78 is 15.0. The van der Waals surface area contributed by atoms with Gasteiger partial charge in [0.25, 0.3) is 5.91 Å². The van der Waals surface area contributed by atoms with Crippen LogP contribution in [-0.4, -0.2) is 20.7 Å². The number of aromatic nitrogens is 3. The summed E-state index contributed by atoms with van der Waals surface area (Å²) in [5, 5.41) is 7.52. The molecule has 2 aromatic heterocycles. The van der Waals surface area contributed by atoms with Crippen LogP contribution in [0.4, 0.5) is 4.39 Å². The van der Waals surface area contributed by atoms with E-state index in [1.807, 2.05) is 32.0 Å². The highest BCUT2D eigenvalue weighted by molar-refractivity contribution is 5.96. The van der Waals surface area contributed by atoms with Crippen molar-refractivity contribution >= 4 is 5.91 Å². The molecule has 0 fully saturated rings. The van der Waals surface area contributed by atoms with E-state index >= 15 is 0 Å². The summed E-state index contributed by atoms with van der Waals surface area (Å²) >= 11 is 0. The molecule has 0 aliphatic heterocycles. The maximum Gasteiger partial charge on any atom is 0.255 e. The number of aryl methyl sites for hydroxylation is 1. The number of pyridine rings is 1. The summed E-state index contributed by atoms with van der Waals surface area (Å²) in [6.45, 7) is 4.30. The fraction of sp³-hybridized carbons (Fsp3) is 0.250. The number of nitrogens with one attached hydrogen (secondary N) is 1. The predicted molar refractivity (Wildman–Crippen MR) is 97.7 cm³/mol. The summed E-state index contributed by atoms with van der Waals surface area (Å²) in [4.78, 5) is 17.0. The SMILES string of the molecule is CCc1nn(-c2ccc(F)cc2)c(CC)c1C(=O)NCc1ccccn1. The molecule has 0 radical (unpaired) electrons. The molecule has 6 heteroatoms. The average Bonchev–Trinajstić information content (AvgIpc) is 3.06. The Morgan fingerprint density at radius 1 is 1.12 bits per heavy atom. The van der Waals surface area contributed by atoms with Crippen molar-refractivity contribution < 1.29 is 9.18 Å². The van der Waals surface area contributed by atoms with Gasteiger partial charge in [-0.15, -0.1) is 0 Å². The van der Waals surface area contributed by atoms with Crippen LogP contribution in [0.5, 0.6) is 0 Å². The number of amides is 1. The minimum Gasteiger partial charge on any atom is -0.346 e. The molecule has 0 atom stereocenters. The Bertz CT molecular complexity index is 888. The summed E-state index contributed by atoms with van der Waals surface area (Å²) in [7, 11) is 0. The first-order chi connectivity index (χ1) is 12.6. The van der Waals surface area contributed by atoms with Crippen LogP contribution in [0, 0.1) is 5.82 Å². The van der Waals surface area contributed by atoms with Gasteiger partial charge in [0.15, 0.2) is 0 Å². The molecule has 1 aromatic carbocycles. The largest absolute Gasteiger partial charge is 0.346 e. The van der Waals surface area contributed by atoms with Gasteiger partial charge in [-0.05, 0) is 49.2 Å². The van der Waals surface area contributed by atoms with Crippen molar-refractivity contribution in [2.24, 2.45) is 0 Å². The van der Waals surface area contributed by atoms with Crippen molar-refractivity contribution in [2.75, 3.05) is 0 Å². The Balaban J connectivity index is 1.92. The van der Waals surface area contributed by atoms with Gasteiger partial charge in [-0.2, -0.15) is 5.10 Å². The van der Waals surface area contributed by atoms with Gasteiger partial charge in [0.2, 0.25) is 0 Å². The zero-order valence-corrected chi connectivity index (χ0v) is 14.9. The number of nitrogens with zero attached hydrogens (tertiary/aromatic N) is 3. The van der Waals surface area contributed by atoms with E-state index in [0.717, 1.165) is 22.8 Å². The topological polar surface area (TPSA) is 59.8 Å². The molecule has 3 rings (SSSR count). The highest BCUT2D eigenvalue weighted by atomic mass is 19.1. The van der Waals surface area contributed by atoms with Gasteiger partial charge in [-0.3, -0.25) is 9.78 Å². The summed E-state index contributed by atoms with van der Waals surface area (Å²) in [5.74, 6) is -0.472. The van der Waals surface area contributed by atoms with Crippen LogP contribution >= 0.6 is 0 Å². The molecule has 3 aromatic rings. The fourth-order valence-electron chi connectivity index (χ4n) is 2.90. The third-order valence-electron chi connectivity index (χ3n) is 4.18. The van der Waals surface area contributed by atoms with Gasteiger partial charge in [0.1, 0.15) is 5.82 Å². The highest BCUT2D eigenvalue weighted by Gasteiger charge is 2.22. The second-order valence-corrected chi connectivity index (χ2v) is 5.87. The number of hydrogen-bond acceptors (Lipinski definition) is 3. The molecular formula is C20H21FN4O. The van der Waals surface area contributed by atoms with Crippen LogP contribution in [0.25, 0.3) is 5.69 Å². The van der Waals surface area contributed by atoms with Crippen LogP contribution < -0.4 is 5.32 Å². The molecule has 0 bridgehead atoms. The van der Waals surface area contributed by atoms with Crippen LogP contribution in [0.1, 0.15) is 41.3 Å². The third-order valence-corrected chi connectivity index (χ3v) is 4.18. The minimum atomic E-state index is -0.303. The van der Waals surface area contributed by atoms with E-state index in [1.165, 1.54) is 12.1 Å². The highest BCUT2D eigenvalue weighted by Crippen LogP contribution is 2.21. The van der Waals surface area contributed by atoms with Crippen molar-refractivity contribution in [2.45, 2.75) is 33.2 Å². The smallest absolute Gasteiger partial charge is 0.255 e. The van der Waals surface area contributed by atoms with E-state index in [4.69, 9.17) is 0 Å². The molecule has 134 valence electrons. The minimum absolute atomic E-state index is 0.169. The first-order valence-electron chi connectivity index (χ1n) is 8.68. The zero-order chi connectivity index (χ0) is 18.5. The standard InChI is InChI=1S/C20H21FN4O/c1-3-17-19(20(26)23-13-15-7-5-6-12-22-15)18(4-2)25(24-17)16-10-8-14(21)9-11-16/h5-12H,3-4,13H2,1-2H3,(H,23,26). The molecule has 0 spiro atoms. The lowest BCUT2D eigenvalue weighted by atomic mass is 10.1. The Kier molecular flexibility index (Phi) is 5.41. The molecule has 0 unspecified atom stereocenters. The molecular weight excluding hydrogens is 331 g/mol. The number of rotatable bonds is 6. The van der Waals surface area contributed by atoms with Crippen LogP contribution in [0.15, 0.2) is 48.7 Å². The summed E-state index contributed by atoms with van der Waals surface area (Å²) in [5.41, 5.74) is 3.66. The second-order valence-electron chi connectivity index (χ2n) is 5.87. The van der Waals surface area contributed by atoms with Crippen molar-refractivity contribution in [3.05, 3.63) is 77.1 Å². The molecule has 1 N–H and O–H groups in total. The Morgan fingerprint density at radius 2 is 1.88 bits per heavy atom. The van der Waals surface area contributed by atoms with Crippen LogP contribution in [0.2, 0.25) is 0 Å². The van der Waals surface area contributed by atoms with E-state index in [0.29, 0.717) is 24.9 Å². The normalized spacial score (nSPS) is 10.7. The average molecular weight is 352 g/mol. The van der Waals surface area contributed by atoms with Crippen LogP contribution in [-0.2, 0) is 19.4 Å². The maximum absolute atomic E-state index is 13.2. The maximum atomic E-state index is 13.2. The first-order valence-corrected chi connectivity index (χ1v) is 8.68. The van der Waals surface area contributed by atoms with Crippen molar-refractivity contribution in [3.63, 3.8) is 0 Å². The van der Waals surface area contributed by atoms with Crippen molar-refractivity contribution in [1.82, 2.24) is 20.1 Å². The number of benzene rings is 1. The molecule has 0 aliphatic rings. The number of carbonyl (C=O) groups excluding carboxylic acids is 1. The van der Waals surface area contributed by atoms with Gasteiger partial charge in [0.05, 0.1) is 34.9 Å². The van der Waals surface area contributed by atoms with Crippen molar-refractivity contribution in [1.29, 1.82) is 0 Å². The number of carbonyl (C=O) groups is 1. The summed E-state index contributed by atoms with van der Waals surface area (Å²) in [6, 6.07) is 11.7. The lowest BCUT2D eigenvalue weighted by Gasteiger charge is -2.09. The molecule has 1 amide bonds. The number of halogens is 1. The fourth-order valence-corrected chi connectivity index (χ4v) is 2.90. The first kappa shape index (κ1) is 17.8. The number of hydrogen-bond donors (Lipinski definition) is 1. The Hall–Kier alpha value is -3.02. The van der Waals surface area contributed by atoms with Gasteiger partial charge in [-0.25, -0.2) is 9.07 Å². The van der Waals surface area contributed by atoms with E-state index < -0.39 is 0 Å². The quantitative estimate of drug-likeness (QED) is 0.739. The zero-order valence-electron chi connectivity index (χ0n) is 14.9. The Labute approximate surface area is 151 Å². The molecule has 5 nitrogen and oxygen atoms in total. The predicted octanol–water partition coefficient (Wildman–Crippen LogP) is 3.46. The molecule has 0 saturated carbocycles. The monoisotopic (exact) mass is 352 g/mol.